The number of likely N-dealkylation sites (tertiary alicyclic amines) is 1. The Balaban J connectivity index is 1.91. The molecule has 1 fully saturated rings. The predicted octanol–water partition coefficient (Wildman–Crippen LogP) is 2.73. The number of nitrogens with zero attached hydrogens (tertiary/aromatic N) is 1. The molecule has 1 aromatic rings. The first-order valence-electron chi connectivity index (χ1n) is 7.75. The number of amides is 1. The molecule has 1 heterocycles. The van der Waals surface area contributed by atoms with Gasteiger partial charge < -0.3 is 10.6 Å². The van der Waals surface area contributed by atoms with E-state index in [0.29, 0.717) is 12.3 Å². The molecule has 0 aliphatic carbocycles. The molecule has 116 valence electrons. The number of carbonyl (C=O) groups is 1. The highest BCUT2D eigenvalue weighted by atomic mass is 19.1. The van der Waals surface area contributed by atoms with Crippen molar-refractivity contribution in [1.82, 2.24) is 4.90 Å². The Hall–Kier alpha value is -1.42. The molecule has 4 heteroatoms. The highest BCUT2D eigenvalue weighted by Gasteiger charge is 2.35. The second kappa shape index (κ2) is 6.56. The SMILES string of the molecule is CCCC(C)(N)C(=O)N1CCC(Cc2ccc(F)cc2)C1. The van der Waals surface area contributed by atoms with Gasteiger partial charge in [-0.15, -0.1) is 0 Å². The van der Waals surface area contributed by atoms with Gasteiger partial charge >= 0.3 is 0 Å². The van der Waals surface area contributed by atoms with E-state index in [-0.39, 0.29) is 11.7 Å². The summed E-state index contributed by atoms with van der Waals surface area (Å²) in [6.07, 6.45) is 3.50. The smallest absolute Gasteiger partial charge is 0.242 e. The summed E-state index contributed by atoms with van der Waals surface area (Å²) >= 11 is 0. The normalized spacial score (nSPS) is 21.3. The van der Waals surface area contributed by atoms with E-state index < -0.39 is 5.54 Å². The lowest BCUT2D eigenvalue weighted by Gasteiger charge is -2.29. The number of benzene rings is 1. The molecule has 1 aliphatic heterocycles. The maximum absolute atomic E-state index is 12.9. The van der Waals surface area contributed by atoms with Crippen molar-refractivity contribution >= 4 is 5.91 Å². The molecular formula is C17H25FN2O. The van der Waals surface area contributed by atoms with Crippen LogP contribution in [-0.2, 0) is 11.2 Å². The molecular weight excluding hydrogens is 267 g/mol. The molecule has 2 atom stereocenters. The summed E-state index contributed by atoms with van der Waals surface area (Å²) < 4.78 is 12.9. The minimum absolute atomic E-state index is 0.0611. The van der Waals surface area contributed by atoms with Crippen LogP contribution in [0.25, 0.3) is 0 Å². The zero-order chi connectivity index (χ0) is 15.5. The summed E-state index contributed by atoms with van der Waals surface area (Å²) in [5.74, 6) is 0.295. The molecule has 0 bridgehead atoms. The highest BCUT2D eigenvalue weighted by Crippen LogP contribution is 2.24. The van der Waals surface area contributed by atoms with E-state index in [1.54, 1.807) is 0 Å². The summed E-state index contributed by atoms with van der Waals surface area (Å²) in [6.45, 7) is 5.40. The zero-order valence-electron chi connectivity index (χ0n) is 12.9. The minimum atomic E-state index is -0.750. The Labute approximate surface area is 126 Å². The molecule has 0 spiro atoms. The molecule has 1 aromatic carbocycles. The van der Waals surface area contributed by atoms with E-state index in [1.807, 2.05) is 30.9 Å². The standard InChI is InChI=1S/C17H25FN2O/c1-3-9-17(2,19)16(21)20-10-8-14(12-20)11-13-4-6-15(18)7-5-13/h4-7,14H,3,8-12,19H2,1-2H3. The van der Waals surface area contributed by atoms with Crippen molar-refractivity contribution in [2.75, 3.05) is 13.1 Å². The fourth-order valence-corrected chi connectivity index (χ4v) is 3.13. The van der Waals surface area contributed by atoms with E-state index in [4.69, 9.17) is 5.73 Å². The second-order valence-electron chi connectivity index (χ2n) is 6.40. The van der Waals surface area contributed by atoms with Crippen LogP contribution in [-0.4, -0.2) is 29.4 Å². The number of carbonyl (C=O) groups excluding carboxylic acids is 1. The first-order chi connectivity index (χ1) is 9.92. The van der Waals surface area contributed by atoms with Crippen molar-refractivity contribution in [3.8, 4) is 0 Å². The molecule has 0 radical (unpaired) electrons. The third kappa shape index (κ3) is 4.03. The second-order valence-corrected chi connectivity index (χ2v) is 6.40. The molecule has 1 saturated heterocycles. The monoisotopic (exact) mass is 292 g/mol. The largest absolute Gasteiger partial charge is 0.341 e. The lowest BCUT2D eigenvalue weighted by atomic mass is 9.95. The quantitative estimate of drug-likeness (QED) is 0.907. The fraction of sp³-hybridized carbons (Fsp3) is 0.588. The van der Waals surface area contributed by atoms with Gasteiger partial charge in [0.1, 0.15) is 5.82 Å². The summed E-state index contributed by atoms with van der Waals surface area (Å²) in [5.41, 5.74) is 6.51. The third-order valence-electron chi connectivity index (χ3n) is 4.27. The molecule has 2 unspecified atom stereocenters. The first kappa shape index (κ1) is 16.0. The van der Waals surface area contributed by atoms with Crippen LogP contribution < -0.4 is 5.73 Å². The fourth-order valence-electron chi connectivity index (χ4n) is 3.13. The van der Waals surface area contributed by atoms with Crippen LogP contribution >= 0.6 is 0 Å². The Morgan fingerprint density at radius 2 is 2.10 bits per heavy atom. The van der Waals surface area contributed by atoms with Crippen molar-refractivity contribution < 1.29 is 9.18 Å². The van der Waals surface area contributed by atoms with Gasteiger partial charge in [-0.05, 0) is 49.8 Å². The van der Waals surface area contributed by atoms with Crippen LogP contribution in [0.5, 0.6) is 0 Å². The topological polar surface area (TPSA) is 46.3 Å². The van der Waals surface area contributed by atoms with Crippen molar-refractivity contribution in [3.05, 3.63) is 35.6 Å². The first-order valence-corrected chi connectivity index (χ1v) is 7.75. The molecule has 0 saturated carbocycles. The lowest BCUT2D eigenvalue weighted by molar-refractivity contribution is -0.135. The average Bonchev–Trinajstić information content (AvgIpc) is 2.89. The Bertz CT molecular complexity index is 484. The van der Waals surface area contributed by atoms with Crippen molar-refractivity contribution in [3.63, 3.8) is 0 Å². The maximum atomic E-state index is 12.9. The van der Waals surface area contributed by atoms with Crippen LogP contribution in [0.1, 0.15) is 38.7 Å². The van der Waals surface area contributed by atoms with Crippen LogP contribution in [0, 0.1) is 11.7 Å². The van der Waals surface area contributed by atoms with Crippen molar-refractivity contribution in [2.24, 2.45) is 11.7 Å². The Morgan fingerprint density at radius 1 is 1.43 bits per heavy atom. The van der Waals surface area contributed by atoms with Crippen LogP contribution in [0.15, 0.2) is 24.3 Å². The van der Waals surface area contributed by atoms with Crippen molar-refractivity contribution in [1.29, 1.82) is 0 Å². The number of halogens is 1. The zero-order valence-corrected chi connectivity index (χ0v) is 12.9. The van der Waals surface area contributed by atoms with E-state index in [0.717, 1.165) is 37.9 Å². The van der Waals surface area contributed by atoms with Crippen LogP contribution in [0.4, 0.5) is 4.39 Å². The number of nitrogens with two attached hydrogens (primary N) is 1. The van der Waals surface area contributed by atoms with E-state index >= 15 is 0 Å². The molecule has 21 heavy (non-hydrogen) atoms. The van der Waals surface area contributed by atoms with E-state index in [2.05, 4.69) is 0 Å². The Morgan fingerprint density at radius 3 is 2.71 bits per heavy atom. The molecule has 3 nitrogen and oxygen atoms in total. The summed E-state index contributed by atoms with van der Waals surface area (Å²) in [5, 5.41) is 0. The number of rotatable bonds is 5. The van der Waals surface area contributed by atoms with Gasteiger partial charge in [-0.25, -0.2) is 4.39 Å². The van der Waals surface area contributed by atoms with Gasteiger partial charge in [0.2, 0.25) is 5.91 Å². The van der Waals surface area contributed by atoms with Gasteiger partial charge in [-0.1, -0.05) is 25.5 Å². The molecule has 2 N–H and O–H groups in total. The van der Waals surface area contributed by atoms with Gasteiger partial charge in [-0.2, -0.15) is 0 Å². The molecule has 1 aliphatic rings. The minimum Gasteiger partial charge on any atom is -0.341 e. The van der Waals surface area contributed by atoms with Crippen LogP contribution in [0.2, 0.25) is 0 Å². The average molecular weight is 292 g/mol. The summed E-state index contributed by atoms with van der Waals surface area (Å²) in [7, 11) is 0. The third-order valence-corrected chi connectivity index (χ3v) is 4.27. The lowest BCUT2D eigenvalue weighted by Crippen LogP contribution is -2.52. The van der Waals surface area contributed by atoms with Gasteiger partial charge in [0.25, 0.3) is 0 Å². The number of hydrogen-bond acceptors (Lipinski definition) is 2. The van der Waals surface area contributed by atoms with Gasteiger partial charge in [0, 0.05) is 13.1 Å². The summed E-state index contributed by atoms with van der Waals surface area (Å²) in [4.78, 5) is 14.3. The molecule has 0 aromatic heterocycles. The summed E-state index contributed by atoms with van der Waals surface area (Å²) in [6, 6.07) is 6.63. The highest BCUT2D eigenvalue weighted by molar-refractivity contribution is 5.85. The van der Waals surface area contributed by atoms with Crippen LogP contribution in [0.3, 0.4) is 0 Å². The van der Waals surface area contributed by atoms with E-state index in [9.17, 15) is 9.18 Å². The van der Waals surface area contributed by atoms with E-state index in [1.165, 1.54) is 12.1 Å². The van der Waals surface area contributed by atoms with Gasteiger partial charge in [-0.3, -0.25) is 4.79 Å². The van der Waals surface area contributed by atoms with Gasteiger partial charge in [0.05, 0.1) is 5.54 Å². The Kier molecular flexibility index (Phi) is 4.99. The van der Waals surface area contributed by atoms with Crippen molar-refractivity contribution in [2.45, 2.75) is 45.1 Å². The predicted molar refractivity (Wildman–Crippen MR) is 82.3 cm³/mol. The molecule has 2 rings (SSSR count). The number of hydrogen-bond donors (Lipinski definition) is 1. The maximum Gasteiger partial charge on any atom is 0.242 e. The van der Waals surface area contributed by atoms with Gasteiger partial charge in [0.15, 0.2) is 0 Å². The molecule has 1 amide bonds.